The summed E-state index contributed by atoms with van der Waals surface area (Å²) >= 11 is 18.4. The van der Waals surface area contributed by atoms with Gasteiger partial charge in [-0.05, 0) is 25.0 Å². The maximum Gasteiger partial charge on any atom is 0.127 e. The van der Waals surface area contributed by atoms with Crippen LogP contribution in [0.25, 0.3) is 11.0 Å². The third-order valence-corrected chi connectivity index (χ3v) is 4.00. The van der Waals surface area contributed by atoms with Crippen LogP contribution in [0.5, 0.6) is 0 Å². The second-order valence-corrected chi connectivity index (χ2v) is 6.93. The van der Waals surface area contributed by atoms with E-state index in [9.17, 15) is 0 Å². The van der Waals surface area contributed by atoms with E-state index in [4.69, 9.17) is 39.5 Å². The van der Waals surface area contributed by atoms with Crippen LogP contribution in [-0.4, -0.2) is 22.8 Å². The molecule has 3 nitrogen and oxygen atoms in total. The number of aromatic nitrogens is 2. The lowest BCUT2D eigenvalue weighted by molar-refractivity contribution is 0.103. The summed E-state index contributed by atoms with van der Waals surface area (Å²) in [6.45, 7) is 8.19. The number of imidazole rings is 1. The van der Waals surface area contributed by atoms with E-state index in [0.29, 0.717) is 29.1 Å². The van der Waals surface area contributed by atoms with E-state index in [-0.39, 0.29) is 5.38 Å². The second kappa shape index (κ2) is 7.19. The smallest absolute Gasteiger partial charge is 0.127 e. The van der Waals surface area contributed by atoms with Crippen molar-refractivity contribution in [2.45, 2.75) is 32.7 Å². The summed E-state index contributed by atoms with van der Waals surface area (Å²) in [5.74, 6) is 1.32. The molecule has 21 heavy (non-hydrogen) atoms. The summed E-state index contributed by atoms with van der Waals surface area (Å²) in [4.78, 5) is 4.56. The molecule has 6 heteroatoms. The molecule has 116 valence electrons. The zero-order valence-electron chi connectivity index (χ0n) is 12.4. The molecule has 0 bridgehead atoms. The summed E-state index contributed by atoms with van der Waals surface area (Å²) < 4.78 is 7.71. The number of hydrogen-bond acceptors (Lipinski definition) is 2. The topological polar surface area (TPSA) is 27.1 Å². The highest BCUT2D eigenvalue weighted by Gasteiger charge is 2.16. The molecular formula is C15H19Cl3N2O. The summed E-state index contributed by atoms with van der Waals surface area (Å²) in [5.41, 5.74) is 1.73. The van der Waals surface area contributed by atoms with Gasteiger partial charge >= 0.3 is 0 Å². The summed E-state index contributed by atoms with van der Waals surface area (Å²) in [6, 6.07) is 3.60. The number of rotatable bonds is 6. The van der Waals surface area contributed by atoms with Crippen molar-refractivity contribution in [1.82, 2.24) is 9.55 Å². The fraction of sp³-hybridized carbons (Fsp3) is 0.533. The molecule has 2 aromatic rings. The standard InChI is InChI=1S/C15H19Cl3N2O/c1-9(2)8-21-5-4-20-14-7-12(18)11(17)6-13(14)19-15(20)10(3)16/h6-7,9-10H,4-5,8H2,1-3H3. The normalized spacial score (nSPS) is 13.3. The Hall–Kier alpha value is -0.480. The lowest BCUT2D eigenvalue weighted by atomic mass is 10.2. The molecule has 2 rings (SSSR count). The molecule has 1 atom stereocenters. The molecule has 0 amide bonds. The first kappa shape index (κ1) is 16.9. The van der Waals surface area contributed by atoms with Crippen molar-refractivity contribution in [1.29, 1.82) is 0 Å². The third kappa shape index (κ3) is 4.04. The molecule has 0 aliphatic rings. The van der Waals surface area contributed by atoms with Gasteiger partial charge in [0.05, 0.1) is 33.1 Å². The first-order valence-corrected chi connectivity index (χ1v) is 8.16. The minimum absolute atomic E-state index is 0.194. The van der Waals surface area contributed by atoms with E-state index in [1.54, 1.807) is 6.07 Å². The Kier molecular flexibility index (Phi) is 5.78. The van der Waals surface area contributed by atoms with E-state index in [0.717, 1.165) is 23.5 Å². The van der Waals surface area contributed by atoms with Crippen molar-refractivity contribution in [3.63, 3.8) is 0 Å². The van der Waals surface area contributed by atoms with Crippen molar-refractivity contribution >= 4 is 45.8 Å². The van der Waals surface area contributed by atoms with Crippen molar-refractivity contribution < 1.29 is 4.74 Å². The Morgan fingerprint density at radius 3 is 2.48 bits per heavy atom. The van der Waals surface area contributed by atoms with E-state index < -0.39 is 0 Å². The van der Waals surface area contributed by atoms with Crippen LogP contribution in [0.15, 0.2) is 12.1 Å². The highest BCUT2D eigenvalue weighted by atomic mass is 35.5. The quantitative estimate of drug-likeness (QED) is 0.521. The van der Waals surface area contributed by atoms with Gasteiger partial charge in [-0.1, -0.05) is 37.0 Å². The van der Waals surface area contributed by atoms with Gasteiger partial charge in [0.1, 0.15) is 5.82 Å². The third-order valence-electron chi connectivity index (χ3n) is 3.09. The van der Waals surface area contributed by atoms with Crippen LogP contribution in [0.4, 0.5) is 0 Å². The molecule has 1 heterocycles. The largest absolute Gasteiger partial charge is 0.379 e. The minimum Gasteiger partial charge on any atom is -0.379 e. The van der Waals surface area contributed by atoms with Gasteiger partial charge in [-0.3, -0.25) is 0 Å². The Morgan fingerprint density at radius 1 is 1.19 bits per heavy atom. The van der Waals surface area contributed by atoms with Gasteiger partial charge in [-0.25, -0.2) is 4.98 Å². The zero-order valence-corrected chi connectivity index (χ0v) is 14.6. The van der Waals surface area contributed by atoms with Crippen molar-refractivity contribution in [3.05, 3.63) is 28.0 Å². The molecule has 0 saturated heterocycles. The molecule has 0 aliphatic carbocycles. The zero-order chi connectivity index (χ0) is 15.6. The lowest BCUT2D eigenvalue weighted by Crippen LogP contribution is -2.12. The summed E-state index contributed by atoms with van der Waals surface area (Å²) in [5, 5.41) is 0.820. The van der Waals surface area contributed by atoms with Crippen LogP contribution in [0, 0.1) is 5.92 Å². The fourth-order valence-electron chi connectivity index (χ4n) is 2.15. The number of nitrogens with zero attached hydrogens (tertiary/aromatic N) is 2. The summed E-state index contributed by atoms with van der Waals surface area (Å²) in [6.07, 6.45) is 0. The average molecular weight is 350 g/mol. The Balaban J connectivity index is 2.30. The molecule has 0 fully saturated rings. The molecular weight excluding hydrogens is 331 g/mol. The number of alkyl halides is 1. The molecule has 0 radical (unpaired) electrons. The predicted molar refractivity (Wildman–Crippen MR) is 89.7 cm³/mol. The fourth-order valence-corrected chi connectivity index (χ4v) is 2.63. The van der Waals surface area contributed by atoms with Gasteiger partial charge in [0.15, 0.2) is 0 Å². The molecule has 0 aliphatic heterocycles. The van der Waals surface area contributed by atoms with Crippen LogP contribution in [0.2, 0.25) is 10.0 Å². The Morgan fingerprint density at radius 2 is 1.86 bits per heavy atom. The summed E-state index contributed by atoms with van der Waals surface area (Å²) in [7, 11) is 0. The van der Waals surface area contributed by atoms with Gasteiger partial charge in [0, 0.05) is 13.2 Å². The van der Waals surface area contributed by atoms with Gasteiger partial charge < -0.3 is 9.30 Å². The van der Waals surface area contributed by atoms with E-state index in [1.165, 1.54) is 0 Å². The van der Waals surface area contributed by atoms with Crippen LogP contribution in [0.3, 0.4) is 0 Å². The monoisotopic (exact) mass is 348 g/mol. The number of hydrogen-bond donors (Lipinski definition) is 0. The highest BCUT2D eigenvalue weighted by molar-refractivity contribution is 6.42. The maximum atomic E-state index is 6.23. The van der Waals surface area contributed by atoms with Crippen LogP contribution < -0.4 is 0 Å². The number of ether oxygens (including phenoxy) is 1. The average Bonchev–Trinajstić information content (AvgIpc) is 2.73. The predicted octanol–water partition coefficient (Wildman–Crippen LogP) is 5.32. The molecule has 0 N–H and O–H groups in total. The number of halogens is 3. The first-order valence-electron chi connectivity index (χ1n) is 6.97. The van der Waals surface area contributed by atoms with E-state index in [1.807, 2.05) is 13.0 Å². The van der Waals surface area contributed by atoms with E-state index >= 15 is 0 Å². The van der Waals surface area contributed by atoms with E-state index in [2.05, 4.69) is 23.4 Å². The van der Waals surface area contributed by atoms with Crippen LogP contribution in [-0.2, 0) is 11.3 Å². The lowest BCUT2D eigenvalue weighted by Gasteiger charge is -2.12. The SMILES string of the molecule is CC(C)COCCn1c(C(C)Cl)nc2cc(Cl)c(Cl)cc21. The van der Waals surface area contributed by atoms with Crippen molar-refractivity contribution in [2.75, 3.05) is 13.2 Å². The highest BCUT2D eigenvalue weighted by Crippen LogP contribution is 2.31. The first-order chi connectivity index (χ1) is 9.90. The Bertz CT molecular complexity index is 623. The minimum atomic E-state index is -0.194. The molecule has 1 aromatic carbocycles. The molecule has 1 aromatic heterocycles. The van der Waals surface area contributed by atoms with Gasteiger partial charge in [0.2, 0.25) is 0 Å². The molecule has 0 spiro atoms. The van der Waals surface area contributed by atoms with Gasteiger partial charge in [0.25, 0.3) is 0 Å². The second-order valence-electron chi connectivity index (χ2n) is 5.46. The molecule has 0 saturated carbocycles. The van der Waals surface area contributed by atoms with Crippen LogP contribution >= 0.6 is 34.8 Å². The maximum absolute atomic E-state index is 6.23. The molecule has 1 unspecified atom stereocenters. The number of fused-ring (bicyclic) bond motifs is 1. The van der Waals surface area contributed by atoms with Gasteiger partial charge in [-0.2, -0.15) is 0 Å². The van der Waals surface area contributed by atoms with Gasteiger partial charge in [-0.15, -0.1) is 11.6 Å². The van der Waals surface area contributed by atoms with Crippen LogP contribution in [0.1, 0.15) is 32.0 Å². The van der Waals surface area contributed by atoms with Crippen molar-refractivity contribution in [3.8, 4) is 0 Å². The number of benzene rings is 1. The Labute approximate surface area is 140 Å². The van der Waals surface area contributed by atoms with Crippen molar-refractivity contribution in [2.24, 2.45) is 5.92 Å².